The second-order valence-corrected chi connectivity index (χ2v) is 6.45. The quantitative estimate of drug-likeness (QED) is 0.793. The second-order valence-electron chi connectivity index (χ2n) is 3.64. The van der Waals surface area contributed by atoms with Crippen molar-refractivity contribution in [3.63, 3.8) is 0 Å². The molecule has 0 aliphatic rings. The first-order chi connectivity index (χ1) is 7.89. The molecule has 0 spiro atoms. The van der Waals surface area contributed by atoms with Crippen LogP contribution in [-0.2, 0) is 10.0 Å². The van der Waals surface area contributed by atoms with E-state index < -0.39 is 10.0 Å². The highest BCUT2D eigenvalue weighted by Crippen LogP contribution is 2.20. The molecular weight excluding hydrogens is 306 g/mol. The first kappa shape index (κ1) is 14.1. The van der Waals surface area contributed by atoms with Crippen molar-refractivity contribution < 1.29 is 8.42 Å². The number of nitrogens with zero attached hydrogens (tertiary/aromatic N) is 3. The van der Waals surface area contributed by atoms with E-state index >= 15 is 0 Å². The number of hydrogen-bond acceptors (Lipinski definition) is 4. The number of hydrogen-bond donors (Lipinski definition) is 0. The van der Waals surface area contributed by atoms with Crippen LogP contribution in [0.2, 0.25) is 0 Å². The predicted octanol–water partition coefficient (Wildman–Crippen LogP) is 1.77. The van der Waals surface area contributed by atoms with Gasteiger partial charge in [-0.25, -0.2) is 8.42 Å². The molecule has 0 atom stereocenters. The van der Waals surface area contributed by atoms with Gasteiger partial charge in [-0.15, -0.1) is 0 Å². The van der Waals surface area contributed by atoms with Gasteiger partial charge in [-0.2, -0.15) is 9.57 Å². The summed E-state index contributed by atoms with van der Waals surface area (Å²) in [5.74, 6) is 0. The van der Waals surface area contributed by atoms with Gasteiger partial charge in [-0.05, 0) is 35.8 Å². The third-order valence-corrected chi connectivity index (χ3v) is 4.51. The molecule has 0 saturated heterocycles. The molecule has 0 radical (unpaired) electrons. The summed E-state index contributed by atoms with van der Waals surface area (Å²) in [6, 6.07) is 3.04. The molecule has 0 aromatic carbocycles. The molecule has 0 aliphatic heterocycles. The molecule has 92 valence electrons. The first-order valence-corrected chi connectivity index (χ1v) is 7.12. The van der Waals surface area contributed by atoms with Crippen molar-refractivity contribution in [3.8, 4) is 6.07 Å². The minimum Gasteiger partial charge on any atom is -0.262 e. The summed E-state index contributed by atoms with van der Waals surface area (Å²) in [5, 5.41) is 8.67. The zero-order valence-corrected chi connectivity index (χ0v) is 11.9. The Hall–Kier alpha value is -0.970. The van der Waals surface area contributed by atoms with Gasteiger partial charge in [0.05, 0.1) is 6.07 Å². The average molecular weight is 318 g/mol. The van der Waals surface area contributed by atoms with Crippen molar-refractivity contribution in [2.45, 2.75) is 24.8 Å². The summed E-state index contributed by atoms with van der Waals surface area (Å²) in [7, 11) is -3.67. The van der Waals surface area contributed by atoms with Crippen molar-refractivity contribution in [3.05, 3.63) is 22.9 Å². The standard InChI is InChI=1S/C10H12BrN3O2S/c1-8(2)14(4-3-12)17(15,16)10-5-9(11)6-13-7-10/h5-8H,4H2,1-2H3. The van der Waals surface area contributed by atoms with Crippen LogP contribution in [0.5, 0.6) is 0 Å². The lowest BCUT2D eigenvalue weighted by Crippen LogP contribution is -2.37. The maximum absolute atomic E-state index is 12.2. The molecule has 0 unspecified atom stereocenters. The lowest BCUT2D eigenvalue weighted by molar-refractivity contribution is 0.385. The van der Waals surface area contributed by atoms with Gasteiger partial charge in [0.25, 0.3) is 0 Å². The molecule has 17 heavy (non-hydrogen) atoms. The van der Waals surface area contributed by atoms with E-state index in [2.05, 4.69) is 20.9 Å². The number of sulfonamides is 1. The fourth-order valence-electron chi connectivity index (χ4n) is 1.28. The molecule has 0 saturated carbocycles. The summed E-state index contributed by atoms with van der Waals surface area (Å²) in [4.78, 5) is 3.90. The van der Waals surface area contributed by atoms with Crippen molar-refractivity contribution in [1.82, 2.24) is 9.29 Å². The highest BCUT2D eigenvalue weighted by atomic mass is 79.9. The van der Waals surface area contributed by atoms with Gasteiger partial charge in [0.15, 0.2) is 0 Å². The van der Waals surface area contributed by atoms with Gasteiger partial charge < -0.3 is 0 Å². The number of nitriles is 1. The normalized spacial score (nSPS) is 11.8. The molecular formula is C10H12BrN3O2S. The van der Waals surface area contributed by atoms with Crippen LogP contribution < -0.4 is 0 Å². The minimum absolute atomic E-state index is 0.0795. The Balaban J connectivity index is 3.22. The Morgan fingerprint density at radius 1 is 1.53 bits per heavy atom. The van der Waals surface area contributed by atoms with Crippen LogP contribution in [0.3, 0.4) is 0 Å². The lowest BCUT2D eigenvalue weighted by Gasteiger charge is -2.22. The Bertz CT molecular complexity index is 537. The Morgan fingerprint density at radius 3 is 2.65 bits per heavy atom. The fraction of sp³-hybridized carbons (Fsp3) is 0.400. The fourth-order valence-corrected chi connectivity index (χ4v) is 3.32. The van der Waals surface area contributed by atoms with E-state index in [0.29, 0.717) is 4.47 Å². The van der Waals surface area contributed by atoms with E-state index in [1.807, 2.05) is 6.07 Å². The van der Waals surface area contributed by atoms with Gasteiger partial charge in [-0.3, -0.25) is 4.98 Å². The van der Waals surface area contributed by atoms with Gasteiger partial charge in [0, 0.05) is 22.9 Å². The molecule has 0 fully saturated rings. The molecule has 1 rings (SSSR count). The van der Waals surface area contributed by atoms with Crippen LogP contribution in [0.25, 0.3) is 0 Å². The Kier molecular flexibility index (Phi) is 4.62. The minimum atomic E-state index is -3.67. The second kappa shape index (κ2) is 5.58. The molecule has 0 bridgehead atoms. The van der Waals surface area contributed by atoms with E-state index in [0.717, 1.165) is 4.31 Å². The molecule has 0 aliphatic carbocycles. The van der Waals surface area contributed by atoms with E-state index in [1.54, 1.807) is 13.8 Å². The smallest absolute Gasteiger partial charge is 0.245 e. The predicted molar refractivity (Wildman–Crippen MR) is 66.6 cm³/mol. The molecule has 7 heteroatoms. The van der Waals surface area contributed by atoms with Crippen molar-refractivity contribution in [2.75, 3.05) is 6.54 Å². The molecule has 0 N–H and O–H groups in total. The van der Waals surface area contributed by atoms with Crippen molar-refractivity contribution in [2.24, 2.45) is 0 Å². The maximum Gasteiger partial charge on any atom is 0.245 e. The molecule has 1 aromatic heterocycles. The molecule has 0 amide bonds. The summed E-state index contributed by atoms with van der Waals surface area (Å²) in [6.45, 7) is 3.27. The molecule has 1 heterocycles. The summed E-state index contributed by atoms with van der Waals surface area (Å²) < 4.78 is 26.2. The van der Waals surface area contributed by atoms with E-state index in [1.165, 1.54) is 18.5 Å². The van der Waals surface area contributed by atoms with Crippen LogP contribution in [0.4, 0.5) is 0 Å². The van der Waals surface area contributed by atoms with Crippen molar-refractivity contribution >= 4 is 26.0 Å². The van der Waals surface area contributed by atoms with E-state index in [-0.39, 0.29) is 17.5 Å². The zero-order valence-electron chi connectivity index (χ0n) is 9.46. The van der Waals surface area contributed by atoms with Crippen LogP contribution >= 0.6 is 15.9 Å². The third-order valence-electron chi connectivity index (χ3n) is 2.09. The van der Waals surface area contributed by atoms with Crippen molar-refractivity contribution in [1.29, 1.82) is 5.26 Å². The first-order valence-electron chi connectivity index (χ1n) is 4.89. The highest BCUT2D eigenvalue weighted by Gasteiger charge is 2.27. The summed E-state index contributed by atoms with van der Waals surface area (Å²) in [6.07, 6.45) is 2.77. The average Bonchev–Trinajstić information content (AvgIpc) is 2.25. The third kappa shape index (κ3) is 3.25. The summed E-state index contributed by atoms with van der Waals surface area (Å²) >= 11 is 3.17. The van der Waals surface area contributed by atoms with Crippen LogP contribution in [0.1, 0.15) is 13.8 Å². The molecule has 1 aromatic rings. The van der Waals surface area contributed by atoms with Crippen LogP contribution in [0, 0.1) is 11.3 Å². The van der Waals surface area contributed by atoms with Gasteiger partial charge in [0.2, 0.25) is 10.0 Å². The zero-order chi connectivity index (χ0) is 13.1. The Labute approximate surface area is 109 Å². The monoisotopic (exact) mass is 317 g/mol. The number of pyridine rings is 1. The van der Waals surface area contributed by atoms with E-state index in [4.69, 9.17) is 5.26 Å². The summed E-state index contributed by atoms with van der Waals surface area (Å²) in [5.41, 5.74) is 0. The SMILES string of the molecule is CC(C)N(CC#N)S(=O)(=O)c1cncc(Br)c1. The maximum atomic E-state index is 12.2. The van der Waals surface area contributed by atoms with Gasteiger partial charge >= 0.3 is 0 Å². The van der Waals surface area contributed by atoms with Crippen LogP contribution in [-0.4, -0.2) is 30.3 Å². The van der Waals surface area contributed by atoms with E-state index in [9.17, 15) is 8.42 Å². The molecule has 5 nitrogen and oxygen atoms in total. The topological polar surface area (TPSA) is 74.1 Å². The number of halogens is 1. The van der Waals surface area contributed by atoms with Gasteiger partial charge in [-0.1, -0.05) is 0 Å². The van der Waals surface area contributed by atoms with Gasteiger partial charge in [0.1, 0.15) is 11.4 Å². The van der Waals surface area contributed by atoms with Crippen LogP contribution in [0.15, 0.2) is 27.8 Å². The lowest BCUT2D eigenvalue weighted by atomic mass is 10.4. The highest BCUT2D eigenvalue weighted by molar-refractivity contribution is 9.10. The number of aromatic nitrogens is 1. The Morgan fingerprint density at radius 2 is 2.18 bits per heavy atom. The largest absolute Gasteiger partial charge is 0.262 e. The number of rotatable bonds is 4.